The van der Waals surface area contributed by atoms with Gasteiger partial charge in [-0.3, -0.25) is 4.79 Å². The number of carbonyl (C=O) groups excluding carboxylic acids is 1. The zero-order chi connectivity index (χ0) is 21.5. The van der Waals surface area contributed by atoms with Gasteiger partial charge < -0.3 is 14.4 Å². The van der Waals surface area contributed by atoms with Gasteiger partial charge in [-0.1, -0.05) is 20.8 Å². The Morgan fingerprint density at radius 3 is 2.67 bits per heavy atom. The third-order valence-electron chi connectivity index (χ3n) is 5.55. The number of hydrogen-bond acceptors (Lipinski definition) is 6. The van der Waals surface area contributed by atoms with Crippen molar-refractivity contribution in [2.45, 2.75) is 45.1 Å². The quantitative estimate of drug-likeness (QED) is 0.657. The molecule has 0 bridgehead atoms. The van der Waals surface area contributed by atoms with Crippen LogP contribution in [0.25, 0.3) is 5.78 Å². The molecule has 3 aromatic rings. The van der Waals surface area contributed by atoms with E-state index in [1.807, 2.05) is 29.2 Å². The summed E-state index contributed by atoms with van der Waals surface area (Å²) in [4.78, 5) is 24.2. The van der Waals surface area contributed by atoms with E-state index in [1.54, 1.807) is 18.7 Å². The minimum absolute atomic E-state index is 0.100. The highest BCUT2D eigenvalue weighted by atomic mass is 16.5. The SMILES string of the molecule is COc1ccc(OC)c([C@@H]2CCCN2C(=O)c2cc(C(C)(C)C)n3ncnc3n2)c1. The number of amides is 1. The Labute approximate surface area is 175 Å². The molecule has 2 aromatic heterocycles. The van der Waals surface area contributed by atoms with Gasteiger partial charge in [0, 0.05) is 17.5 Å². The fraction of sp³-hybridized carbons (Fsp3) is 0.455. The molecule has 4 rings (SSSR count). The summed E-state index contributed by atoms with van der Waals surface area (Å²) in [5, 5.41) is 4.28. The van der Waals surface area contributed by atoms with Gasteiger partial charge >= 0.3 is 0 Å². The van der Waals surface area contributed by atoms with Gasteiger partial charge in [-0.15, -0.1) is 0 Å². The molecule has 0 aliphatic carbocycles. The Bertz CT molecular complexity index is 1090. The summed E-state index contributed by atoms with van der Waals surface area (Å²) in [5.74, 6) is 1.80. The molecule has 3 heterocycles. The van der Waals surface area contributed by atoms with Gasteiger partial charge in [-0.05, 0) is 37.1 Å². The van der Waals surface area contributed by atoms with E-state index in [4.69, 9.17) is 9.47 Å². The number of carbonyl (C=O) groups is 1. The zero-order valence-corrected chi connectivity index (χ0v) is 18.0. The summed E-state index contributed by atoms with van der Waals surface area (Å²) in [6, 6.07) is 7.43. The number of methoxy groups -OCH3 is 2. The lowest BCUT2D eigenvalue weighted by atomic mass is 9.91. The smallest absolute Gasteiger partial charge is 0.273 e. The van der Waals surface area contributed by atoms with Crippen LogP contribution in [0.5, 0.6) is 11.5 Å². The van der Waals surface area contributed by atoms with E-state index in [9.17, 15) is 4.79 Å². The Hall–Kier alpha value is -3.16. The van der Waals surface area contributed by atoms with Gasteiger partial charge in [0.25, 0.3) is 11.7 Å². The molecular weight excluding hydrogens is 382 g/mol. The van der Waals surface area contributed by atoms with Gasteiger partial charge in [0.2, 0.25) is 0 Å². The highest BCUT2D eigenvalue weighted by molar-refractivity contribution is 5.93. The van der Waals surface area contributed by atoms with Crippen molar-refractivity contribution in [2.24, 2.45) is 0 Å². The molecule has 1 aromatic carbocycles. The lowest BCUT2D eigenvalue weighted by Crippen LogP contribution is -2.32. The molecule has 0 saturated carbocycles. The predicted molar refractivity (Wildman–Crippen MR) is 112 cm³/mol. The first-order valence-electron chi connectivity index (χ1n) is 10.1. The van der Waals surface area contributed by atoms with Crippen molar-refractivity contribution in [1.29, 1.82) is 0 Å². The fourth-order valence-corrected chi connectivity index (χ4v) is 4.04. The highest BCUT2D eigenvalue weighted by Gasteiger charge is 2.34. The number of rotatable bonds is 4. The second-order valence-corrected chi connectivity index (χ2v) is 8.51. The van der Waals surface area contributed by atoms with E-state index in [1.165, 1.54) is 6.33 Å². The van der Waals surface area contributed by atoms with Crippen molar-refractivity contribution < 1.29 is 14.3 Å². The van der Waals surface area contributed by atoms with E-state index >= 15 is 0 Å². The number of nitrogens with zero attached hydrogens (tertiary/aromatic N) is 5. The van der Waals surface area contributed by atoms with E-state index in [0.717, 1.165) is 35.6 Å². The monoisotopic (exact) mass is 409 g/mol. The maximum absolute atomic E-state index is 13.6. The van der Waals surface area contributed by atoms with Crippen molar-refractivity contribution in [2.75, 3.05) is 20.8 Å². The molecule has 8 nitrogen and oxygen atoms in total. The van der Waals surface area contributed by atoms with Crippen LogP contribution in [0, 0.1) is 0 Å². The number of ether oxygens (including phenoxy) is 2. The number of hydrogen-bond donors (Lipinski definition) is 0. The summed E-state index contributed by atoms with van der Waals surface area (Å²) >= 11 is 0. The maximum Gasteiger partial charge on any atom is 0.273 e. The van der Waals surface area contributed by atoms with Gasteiger partial charge in [-0.2, -0.15) is 10.1 Å². The van der Waals surface area contributed by atoms with Crippen LogP contribution >= 0.6 is 0 Å². The molecule has 1 atom stereocenters. The predicted octanol–water partition coefficient (Wildman–Crippen LogP) is 3.42. The average Bonchev–Trinajstić information content (AvgIpc) is 3.40. The minimum atomic E-state index is -0.218. The van der Waals surface area contributed by atoms with Crippen LogP contribution in [0.4, 0.5) is 0 Å². The van der Waals surface area contributed by atoms with Crippen molar-refractivity contribution >= 4 is 11.7 Å². The summed E-state index contributed by atoms with van der Waals surface area (Å²) in [6.07, 6.45) is 3.23. The summed E-state index contributed by atoms with van der Waals surface area (Å²) in [7, 11) is 3.28. The molecule has 0 spiro atoms. The van der Waals surface area contributed by atoms with E-state index in [0.29, 0.717) is 18.0 Å². The minimum Gasteiger partial charge on any atom is -0.497 e. The number of aromatic nitrogens is 4. The van der Waals surface area contributed by atoms with Crippen LogP contribution in [0.2, 0.25) is 0 Å². The Morgan fingerprint density at radius 1 is 1.17 bits per heavy atom. The van der Waals surface area contributed by atoms with Crippen LogP contribution in [0.15, 0.2) is 30.6 Å². The van der Waals surface area contributed by atoms with Gasteiger partial charge in [0.05, 0.1) is 26.0 Å². The molecule has 1 fully saturated rings. The third kappa shape index (κ3) is 3.46. The first kappa shape index (κ1) is 20.1. The summed E-state index contributed by atoms with van der Waals surface area (Å²) < 4.78 is 12.7. The molecule has 0 unspecified atom stereocenters. The molecular formula is C22H27N5O3. The van der Waals surface area contributed by atoms with Crippen molar-refractivity contribution in [3.63, 3.8) is 0 Å². The van der Waals surface area contributed by atoms with Crippen LogP contribution in [0.1, 0.15) is 61.4 Å². The molecule has 0 radical (unpaired) electrons. The number of benzene rings is 1. The zero-order valence-electron chi connectivity index (χ0n) is 18.0. The van der Waals surface area contributed by atoms with E-state index < -0.39 is 0 Å². The van der Waals surface area contributed by atoms with Gasteiger partial charge in [0.1, 0.15) is 23.5 Å². The van der Waals surface area contributed by atoms with E-state index in [2.05, 4.69) is 35.8 Å². The Balaban J connectivity index is 1.75. The lowest BCUT2D eigenvalue weighted by molar-refractivity contribution is 0.0728. The Kier molecular flexibility index (Phi) is 5.09. The highest BCUT2D eigenvalue weighted by Crippen LogP contribution is 2.39. The maximum atomic E-state index is 13.6. The normalized spacial score (nSPS) is 16.8. The average molecular weight is 409 g/mol. The summed E-state index contributed by atoms with van der Waals surface area (Å²) in [6.45, 7) is 6.90. The molecule has 0 N–H and O–H groups in total. The van der Waals surface area contributed by atoms with Gasteiger partial charge in [0.15, 0.2) is 0 Å². The molecule has 158 valence electrons. The van der Waals surface area contributed by atoms with Crippen LogP contribution in [0.3, 0.4) is 0 Å². The second kappa shape index (κ2) is 7.59. The summed E-state index contributed by atoms with van der Waals surface area (Å²) in [5.41, 5.74) is 2.00. The number of likely N-dealkylation sites (tertiary alicyclic amines) is 1. The first-order valence-corrected chi connectivity index (χ1v) is 10.1. The molecule has 8 heteroatoms. The topological polar surface area (TPSA) is 81.9 Å². The number of fused-ring (bicyclic) bond motifs is 1. The lowest BCUT2D eigenvalue weighted by Gasteiger charge is -2.27. The molecule has 1 aliphatic heterocycles. The fourth-order valence-electron chi connectivity index (χ4n) is 4.04. The second-order valence-electron chi connectivity index (χ2n) is 8.51. The van der Waals surface area contributed by atoms with Crippen LogP contribution < -0.4 is 9.47 Å². The first-order chi connectivity index (χ1) is 14.3. The molecule has 1 aliphatic rings. The standard InChI is InChI=1S/C22H27N5O3/c1-22(2,3)19-12-16(25-21-23-13-24-27(19)21)20(28)26-10-6-7-17(26)15-11-14(29-4)8-9-18(15)30-5/h8-9,11-13,17H,6-7,10H2,1-5H3/t17-/m0/s1. The molecule has 1 saturated heterocycles. The van der Waals surface area contributed by atoms with Gasteiger partial charge in [-0.25, -0.2) is 9.50 Å². The van der Waals surface area contributed by atoms with Crippen molar-refractivity contribution in [1.82, 2.24) is 24.5 Å². The van der Waals surface area contributed by atoms with Crippen molar-refractivity contribution in [3.8, 4) is 11.5 Å². The third-order valence-corrected chi connectivity index (χ3v) is 5.55. The largest absolute Gasteiger partial charge is 0.497 e. The van der Waals surface area contributed by atoms with E-state index in [-0.39, 0.29) is 17.4 Å². The van der Waals surface area contributed by atoms with Crippen LogP contribution in [-0.2, 0) is 5.41 Å². The van der Waals surface area contributed by atoms with Crippen molar-refractivity contribution in [3.05, 3.63) is 47.5 Å². The van der Waals surface area contributed by atoms with Crippen LogP contribution in [-0.4, -0.2) is 51.2 Å². The molecule has 1 amide bonds. The Morgan fingerprint density at radius 2 is 1.97 bits per heavy atom. The molecule has 30 heavy (non-hydrogen) atoms.